The highest BCUT2D eigenvalue weighted by Crippen LogP contribution is 2.35. The number of carbonyl (C=O) groups excluding carboxylic acids is 2. The van der Waals surface area contributed by atoms with E-state index in [1.54, 1.807) is 54.6 Å². The van der Waals surface area contributed by atoms with Gasteiger partial charge in [-0.15, -0.1) is 10.2 Å². The van der Waals surface area contributed by atoms with Crippen LogP contribution in [0.2, 0.25) is 5.02 Å². The van der Waals surface area contributed by atoms with Gasteiger partial charge < -0.3 is 10.5 Å². The van der Waals surface area contributed by atoms with Gasteiger partial charge in [-0.1, -0.05) is 71.9 Å². The summed E-state index contributed by atoms with van der Waals surface area (Å²) in [6, 6.07) is 19.6. The van der Waals surface area contributed by atoms with Gasteiger partial charge in [-0.05, 0) is 35.9 Å². The van der Waals surface area contributed by atoms with Crippen molar-refractivity contribution >= 4 is 40.9 Å². The van der Waals surface area contributed by atoms with E-state index in [2.05, 4.69) is 14.9 Å². The number of nitrogen functional groups attached to an aromatic ring is 1. The number of alkyl halides is 3. The first-order chi connectivity index (χ1) is 22.4. The molecule has 5 aromatic rings. The highest BCUT2D eigenvalue weighted by Gasteiger charge is 2.31. The van der Waals surface area contributed by atoms with Crippen molar-refractivity contribution in [3.63, 3.8) is 0 Å². The summed E-state index contributed by atoms with van der Waals surface area (Å²) < 4.78 is 48.4. The van der Waals surface area contributed by atoms with E-state index in [4.69, 9.17) is 17.3 Å². The van der Waals surface area contributed by atoms with E-state index in [0.717, 1.165) is 35.6 Å². The van der Waals surface area contributed by atoms with Crippen molar-refractivity contribution in [2.24, 2.45) is 0 Å². The Morgan fingerprint density at radius 1 is 0.957 bits per heavy atom. The third-order valence-electron chi connectivity index (χ3n) is 6.96. The molecule has 0 amide bonds. The molecule has 5 rings (SSSR count). The highest BCUT2D eigenvalue weighted by molar-refractivity contribution is 7.99. The molecule has 16 heteroatoms. The molecular weight excluding hydrogens is 661 g/mol. The molecule has 2 heterocycles. The third-order valence-corrected chi connectivity index (χ3v) is 8.22. The Balaban J connectivity index is 1.58. The van der Waals surface area contributed by atoms with Gasteiger partial charge in [0, 0.05) is 5.56 Å². The number of methoxy groups -OCH3 is 1. The number of hydrogen-bond donors (Lipinski definition) is 1. The van der Waals surface area contributed by atoms with Gasteiger partial charge in [-0.3, -0.25) is 23.5 Å². The molecule has 0 bridgehead atoms. The van der Waals surface area contributed by atoms with Crippen molar-refractivity contribution < 1.29 is 27.5 Å². The minimum Gasteiger partial charge on any atom is -0.468 e. The van der Waals surface area contributed by atoms with E-state index >= 15 is 0 Å². The number of thioether (sulfide) groups is 1. The first-order valence-electron chi connectivity index (χ1n) is 13.7. The number of nitrogens with zero attached hydrogens (tertiary/aromatic N) is 5. The average Bonchev–Trinajstić information content (AvgIpc) is 3.48. The number of anilines is 1. The van der Waals surface area contributed by atoms with Crippen LogP contribution in [0, 0.1) is 0 Å². The number of carbonyl (C=O) groups is 2. The molecule has 2 N–H and O–H groups in total. The Labute approximate surface area is 273 Å². The maximum Gasteiger partial charge on any atom is 0.416 e. The minimum atomic E-state index is -4.65. The Hall–Kier alpha value is -5.15. The van der Waals surface area contributed by atoms with E-state index in [9.17, 15) is 32.3 Å². The van der Waals surface area contributed by atoms with Crippen LogP contribution in [-0.4, -0.2) is 48.5 Å². The largest absolute Gasteiger partial charge is 0.468 e. The number of benzene rings is 3. The molecule has 11 nitrogen and oxygen atoms in total. The maximum absolute atomic E-state index is 13.7. The molecule has 0 saturated carbocycles. The lowest BCUT2D eigenvalue weighted by Gasteiger charge is -2.16. The van der Waals surface area contributed by atoms with Gasteiger partial charge in [0.1, 0.15) is 17.9 Å². The van der Waals surface area contributed by atoms with Gasteiger partial charge >= 0.3 is 17.8 Å². The molecule has 0 saturated heterocycles. The fraction of sp³-hybridized carbons (Fsp3) is 0.161. The van der Waals surface area contributed by atoms with Crippen molar-refractivity contribution in [1.29, 1.82) is 0 Å². The van der Waals surface area contributed by atoms with Gasteiger partial charge in [0.05, 0.1) is 35.7 Å². The van der Waals surface area contributed by atoms with E-state index < -0.39 is 58.4 Å². The lowest BCUT2D eigenvalue weighted by molar-refractivity contribution is -0.141. The van der Waals surface area contributed by atoms with Crippen LogP contribution in [-0.2, 0) is 28.8 Å². The monoisotopic (exact) mass is 684 g/mol. The molecule has 0 aliphatic carbocycles. The fourth-order valence-electron chi connectivity index (χ4n) is 4.67. The molecule has 0 aliphatic rings. The van der Waals surface area contributed by atoms with Crippen LogP contribution in [0.15, 0.2) is 93.6 Å². The topological polar surface area (TPSA) is 144 Å². The summed E-state index contributed by atoms with van der Waals surface area (Å²) in [6.45, 7) is -0.896. The second-order valence-electron chi connectivity index (χ2n) is 9.96. The maximum atomic E-state index is 13.7. The zero-order valence-corrected chi connectivity index (χ0v) is 26.0. The van der Waals surface area contributed by atoms with Crippen LogP contribution in [0.25, 0.3) is 17.1 Å². The normalized spacial score (nSPS) is 11.4. The number of nitrogens with two attached hydrogens (primary N) is 1. The summed E-state index contributed by atoms with van der Waals surface area (Å²) in [6.07, 6.45) is -4.65. The fourth-order valence-corrected chi connectivity index (χ4v) is 5.71. The van der Waals surface area contributed by atoms with Crippen LogP contribution in [0.3, 0.4) is 0 Å². The van der Waals surface area contributed by atoms with E-state index in [-0.39, 0.29) is 28.2 Å². The standard InChI is InChI=1S/C31H24ClF3N6O5S/c1-46-24(43)16-40-28(44)25(26(36)39(30(40)45)15-18-8-3-2-4-9-18)23(42)17-47-29-38-37-27(21-12-5-6-13-22(21)32)41(29)20-11-7-10-19(14-20)31(33,34)35/h2-14H,15-17,36H2,1H3. The Bertz CT molecular complexity index is 2100. The minimum absolute atomic E-state index is 0.00124. The predicted octanol–water partition coefficient (Wildman–Crippen LogP) is 4.71. The Morgan fingerprint density at radius 3 is 2.34 bits per heavy atom. The first kappa shape index (κ1) is 33.2. The summed E-state index contributed by atoms with van der Waals surface area (Å²) in [4.78, 5) is 52.5. The molecule has 0 atom stereocenters. The van der Waals surface area contributed by atoms with Crippen molar-refractivity contribution in [1.82, 2.24) is 23.9 Å². The van der Waals surface area contributed by atoms with E-state index in [1.807, 2.05) is 0 Å². The van der Waals surface area contributed by atoms with E-state index in [1.165, 1.54) is 16.7 Å². The van der Waals surface area contributed by atoms with Crippen LogP contribution >= 0.6 is 23.4 Å². The number of aromatic nitrogens is 5. The van der Waals surface area contributed by atoms with Gasteiger partial charge in [0.2, 0.25) is 0 Å². The van der Waals surface area contributed by atoms with Crippen LogP contribution in [0.1, 0.15) is 21.5 Å². The molecule has 0 spiro atoms. The molecule has 0 aliphatic heterocycles. The molecular formula is C31H24ClF3N6O5S. The predicted molar refractivity (Wildman–Crippen MR) is 169 cm³/mol. The van der Waals surface area contributed by atoms with Gasteiger partial charge in [0.15, 0.2) is 16.8 Å². The van der Waals surface area contributed by atoms with Crippen LogP contribution < -0.4 is 17.0 Å². The van der Waals surface area contributed by atoms with Crippen molar-refractivity contribution in [2.45, 2.75) is 24.4 Å². The van der Waals surface area contributed by atoms with Crippen molar-refractivity contribution in [3.8, 4) is 17.1 Å². The number of Topliss-reactive ketones (excluding diaryl/α,β-unsaturated/α-hetero) is 1. The lowest BCUT2D eigenvalue weighted by atomic mass is 10.1. The third kappa shape index (κ3) is 7.00. The van der Waals surface area contributed by atoms with Crippen LogP contribution in [0.4, 0.5) is 19.0 Å². The zero-order chi connectivity index (χ0) is 33.9. The average molecular weight is 685 g/mol. The lowest BCUT2D eigenvalue weighted by Crippen LogP contribution is -2.45. The number of rotatable bonds is 10. The quantitative estimate of drug-likeness (QED) is 0.126. The smallest absolute Gasteiger partial charge is 0.416 e. The second kappa shape index (κ2) is 13.7. The summed E-state index contributed by atoms with van der Waals surface area (Å²) in [5, 5.41) is 8.53. The number of hydrogen-bond acceptors (Lipinski definition) is 9. The summed E-state index contributed by atoms with van der Waals surface area (Å²) >= 11 is 7.15. The zero-order valence-electron chi connectivity index (χ0n) is 24.4. The first-order valence-corrected chi connectivity index (χ1v) is 15.0. The summed E-state index contributed by atoms with van der Waals surface area (Å²) in [5.41, 5.74) is 3.75. The molecule has 0 radical (unpaired) electrons. The van der Waals surface area contributed by atoms with Crippen molar-refractivity contribution in [3.05, 3.63) is 121 Å². The van der Waals surface area contributed by atoms with Gasteiger partial charge in [-0.25, -0.2) is 9.36 Å². The highest BCUT2D eigenvalue weighted by atomic mass is 35.5. The molecule has 0 unspecified atom stereocenters. The molecule has 242 valence electrons. The molecule has 47 heavy (non-hydrogen) atoms. The van der Waals surface area contributed by atoms with Crippen molar-refractivity contribution in [2.75, 3.05) is 18.6 Å². The Kier molecular flexibility index (Phi) is 9.67. The van der Waals surface area contributed by atoms with Gasteiger partial charge in [-0.2, -0.15) is 13.2 Å². The number of ketones is 1. The molecule has 2 aromatic heterocycles. The number of ether oxygens (including phenoxy) is 1. The van der Waals surface area contributed by atoms with Crippen LogP contribution in [0.5, 0.6) is 0 Å². The van der Waals surface area contributed by atoms with E-state index in [0.29, 0.717) is 15.7 Å². The molecule has 0 fully saturated rings. The number of esters is 1. The summed E-state index contributed by atoms with van der Waals surface area (Å²) in [5.74, 6) is -2.57. The summed E-state index contributed by atoms with van der Waals surface area (Å²) in [7, 11) is 1.08. The second-order valence-corrected chi connectivity index (χ2v) is 11.3. The SMILES string of the molecule is COC(=O)Cn1c(=O)c(C(=O)CSc2nnc(-c3ccccc3Cl)n2-c2cccc(C(F)(F)F)c2)c(N)n(Cc2ccccc2)c1=O. The Morgan fingerprint density at radius 2 is 1.66 bits per heavy atom. The molecule has 3 aromatic carbocycles. The number of halogens is 4. The van der Waals surface area contributed by atoms with Gasteiger partial charge in [0.25, 0.3) is 5.56 Å².